The van der Waals surface area contributed by atoms with Crippen LogP contribution in [0.1, 0.15) is 53.4 Å². The normalized spacial score (nSPS) is 19.9. The van der Waals surface area contributed by atoms with E-state index in [4.69, 9.17) is 0 Å². The van der Waals surface area contributed by atoms with Crippen molar-refractivity contribution in [1.82, 2.24) is 9.80 Å². The number of rotatable bonds is 2. The fourth-order valence-corrected chi connectivity index (χ4v) is 2.41. The van der Waals surface area contributed by atoms with Gasteiger partial charge in [0.05, 0.1) is 0 Å². The van der Waals surface area contributed by atoms with E-state index in [-0.39, 0.29) is 0 Å². The average Bonchev–Trinajstić information content (AvgIpc) is 2.40. The van der Waals surface area contributed by atoms with E-state index in [9.17, 15) is 0 Å². The molecule has 1 aliphatic rings. The molecule has 1 rings (SSSR count). The summed E-state index contributed by atoms with van der Waals surface area (Å²) in [6, 6.07) is 1.17. The van der Waals surface area contributed by atoms with E-state index in [2.05, 4.69) is 61.2 Å². The second-order valence-electron chi connectivity index (χ2n) is 5.97. The second kappa shape index (κ2) is 9.87. The zero-order chi connectivity index (χ0) is 14.8. The Kier molecular flexibility index (Phi) is 8.43. The van der Waals surface area contributed by atoms with Crippen LogP contribution in [0.25, 0.3) is 0 Å². The zero-order valence-corrected chi connectivity index (χ0v) is 13.7. The first-order valence-corrected chi connectivity index (χ1v) is 8.00. The molecule has 0 aromatic rings. The van der Waals surface area contributed by atoms with E-state index < -0.39 is 0 Å². The molecule has 1 heterocycles. The predicted octanol–water partition coefficient (Wildman–Crippen LogP) is 2.99. The van der Waals surface area contributed by atoms with Crippen LogP contribution in [0.2, 0.25) is 0 Å². The molecule has 0 fully saturated rings. The van der Waals surface area contributed by atoms with E-state index in [1.165, 1.54) is 0 Å². The summed E-state index contributed by atoms with van der Waals surface area (Å²) in [6.07, 6.45) is 3.92. The average molecular weight is 274 g/mol. The molecule has 0 amide bonds. The highest BCUT2D eigenvalue weighted by molar-refractivity contribution is 5.02. The third kappa shape index (κ3) is 6.99. The van der Waals surface area contributed by atoms with E-state index in [0.29, 0.717) is 12.1 Å². The maximum atomic E-state index is 3.33. The van der Waals surface area contributed by atoms with Crippen molar-refractivity contribution in [3.05, 3.63) is 0 Å². The Morgan fingerprint density at radius 2 is 0.800 bits per heavy atom. The van der Waals surface area contributed by atoms with Gasteiger partial charge < -0.3 is 0 Å². The van der Waals surface area contributed by atoms with Gasteiger partial charge in [-0.25, -0.2) is 0 Å². The summed E-state index contributed by atoms with van der Waals surface area (Å²) in [5.41, 5.74) is 0. The molecule has 2 heteroatoms. The highest BCUT2D eigenvalue weighted by Gasteiger charge is 2.08. The summed E-state index contributed by atoms with van der Waals surface area (Å²) in [6.45, 7) is 13.3. The van der Waals surface area contributed by atoms with Crippen LogP contribution in [0.3, 0.4) is 0 Å². The van der Waals surface area contributed by atoms with Crippen LogP contribution in [0, 0.1) is 23.7 Å². The third-order valence-corrected chi connectivity index (χ3v) is 3.81. The van der Waals surface area contributed by atoms with Crippen LogP contribution >= 0.6 is 0 Å². The van der Waals surface area contributed by atoms with Crippen LogP contribution in [0.15, 0.2) is 0 Å². The minimum atomic E-state index is 0.586. The zero-order valence-electron chi connectivity index (χ0n) is 13.7. The standard InChI is InChI=1S/C18H30N2/c1-17(2)19-13-9-5-7-11-15-20(18(3)4)16-12-8-6-10-14-19/h17-18H,9-16H2,1-4H3. The van der Waals surface area contributed by atoms with Gasteiger partial charge >= 0.3 is 0 Å². The fraction of sp³-hybridized carbons (Fsp3) is 0.778. The summed E-state index contributed by atoms with van der Waals surface area (Å²) in [5, 5.41) is 0. The second-order valence-corrected chi connectivity index (χ2v) is 5.97. The Morgan fingerprint density at radius 3 is 1.00 bits per heavy atom. The molecule has 20 heavy (non-hydrogen) atoms. The molecule has 0 atom stereocenters. The Balaban J connectivity index is 2.58. The molecule has 2 nitrogen and oxygen atoms in total. The molecular weight excluding hydrogens is 244 g/mol. The van der Waals surface area contributed by atoms with Gasteiger partial charge in [-0.15, -0.1) is 23.7 Å². The molecule has 0 saturated heterocycles. The topological polar surface area (TPSA) is 6.48 Å². The molecule has 0 aliphatic carbocycles. The van der Waals surface area contributed by atoms with Crippen LogP contribution in [-0.4, -0.2) is 48.1 Å². The molecule has 0 unspecified atom stereocenters. The van der Waals surface area contributed by atoms with E-state index in [1.807, 2.05) is 0 Å². The molecule has 0 aromatic heterocycles. The van der Waals surface area contributed by atoms with Crippen molar-refractivity contribution in [1.29, 1.82) is 0 Å². The minimum Gasteiger partial charge on any atom is -0.299 e. The van der Waals surface area contributed by atoms with Gasteiger partial charge in [-0.3, -0.25) is 9.80 Å². The first kappa shape index (κ1) is 17.1. The molecule has 0 N–H and O–H groups in total. The number of hydrogen-bond acceptors (Lipinski definition) is 2. The molecule has 112 valence electrons. The Morgan fingerprint density at radius 1 is 0.550 bits per heavy atom. The van der Waals surface area contributed by atoms with Crippen molar-refractivity contribution in [3.8, 4) is 23.7 Å². The van der Waals surface area contributed by atoms with Crippen molar-refractivity contribution >= 4 is 0 Å². The summed E-state index contributed by atoms with van der Waals surface area (Å²) in [4.78, 5) is 4.96. The van der Waals surface area contributed by atoms with Crippen molar-refractivity contribution in [3.63, 3.8) is 0 Å². The van der Waals surface area contributed by atoms with Crippen molar-refractivity contribution in [2.75, 3.05) is 26.2 Å². The van der Waals surface area contributed by atoms with E-state index in [0.717, 1.165) is 51.9 Å². The lowest BCUT2D eigenvalue weighted by Gasteiger charge is -2.25. The molecule has 0 saturated carbocycles. The van der Waals surface area contributed by atoms with Gasteiger partial charge in [0.15, 0.2) is 0 Å². The Labute approximate surface area is 125 Å². The molecule has 0 aromatic carbocycles. The third-order valence-electron chi connectivity index (χ3n) is 3.81. The van der Waals surface area contributed by atoms with Gasteiger partial charge in [-0.05, 0) is 27.7 Å². The largest absolute Gasteiger partial charge is 0.299 e. The molecule has 1 aliphatic heterocycles. The molecular formula is C18H30N2. The SMILES string of the molecule is CC(C)N1CCC#CCCN(C(C)C)CCC#CCC1. The fourth-order valence-electron chi connectivity index (χ4n) is 2.41. The summed E-state index contributed by atoms with van der Waals surface area (Å²) in [7, 11) is 0. The van der Waals surface area contributed by atoms with Gasteiger partial charge in [0.25, 0.3) is 0 Å². The summed E-state index contributed by atoms with van der Waals surface area (Å²) < 4.78 is 0. The highest BCUT2D eigenvalue weighted by atomic mass is 15.1. The van der Waals surface area contributed by atoms with Gasteiger partial charge in [-0.2, -0.15) is 0 Å². The van der Waals surface area contributed by atoms with E-state index in [1.54, 1.807) is 0 Å². The lowest BCUT2D eigenvalue weighted by atomic mass is 10.2. The lowest BCUT2D eigenvalue weighted by molar-refractivity contribution is 0.230. The summed E-state index contributed by atoms with van der Waals surface area (Å²) in [5.74, 6) is 13.3. The van der Waals surface area contributed by atoms with Gasteiger partial charge in [-0.1, -0.05) is 0 Å². The van der Waals surface area contributed by atoms with Crippen molar-refractivity contribution in [2.45, 2.75) is 65.5 Å². The summed E-state index contributed by atoms with van der Waals surface area (Å²) >= 11 is 0. The maximum Gasteiger partial charge on any atom is 0.0217 e. The lowest BCUT2D eigenvalue weighted by Crippen LogP contribution is -2.33. The molecule has 0 spiro atoms. The first-order valence-electron chi connectivity index (χ1n) is 8.00. The van der Waals surface area contributed by atoms with Gasteiger partial charge in [0.2, 0.25) is 0 Å². The predicted molar refractivity (Wildman–Crippen MR) is 87.4 cm³/mol. The van der Waals surface area contributed by atoms with Crippen molar-refractivity contribution in [2.24, 2.45) is 0 Å². The van der Waals surface area contributed by atoms with Gasteiger partial charge in [0.1, 0.15) is 0 Å². The van der Waals surface area contributed by atoms with Gasteiger partial charge in [0, 0.05) is 63.9 Å². The quantitative estimate of drug-likeness (QED) is 0.714. The first-order chi connectivity index (χ1) is 9.61. The monoisotopic (exact) mass is 274 g/mol. The highest BCUT2D eigenvalue weighted by Crippen LogP contribution is 2.03. The van der Waals surface area contributed by atoms with Crippen molar-refractivity contribution < 1.29 is 0 Å². The van der Waals surface area contributed by atoms with Crippen LogP contribution in [0.4, 0.5) is 0 Å². The maximum absolute atomic E-state index is 3.33. The minimum absolute atomic E-state index is 0.586. The van der Waals surface area contributed by atoms with E-state index >= 15 is 0 Å². The van der Waals surface area contributed by atoms with Crippen LogP contribution in [-0.2, 0) is 0 Å². The Hall–Kier alpha value is -0.960. The smallest absolute Gasteiger partial charge is 0.0217 e. The molecule has 0 bridgehead atoms. The Bertz CT molecular complexity index is 314. The number of nitrogens with zero attached hydrogens (tertiary/aromatic N) is 2. The van der Waals surface area contributed by atoms with Crippen LogP contribution < -0.4 is 0 Å². The molecule has 0 radical (unpaired) electrons. The van der Waals surface area contributed by atoms with Crippen LogP contribution in [0.5, 0.6) is 0 Å². The number of hydrogen-bond donors (Lipinski definition) is 0.